The molecule has 0 aliphatic heterocycles. The van der Waals surface area contributed by atoms with Crippen molar-refractivity contribution in [2.24, 2.45) is 0 Å². The molecular formula is C14H21FO. The van der Waals surface area contributed by atoms with Crippen molar-refractivity contribution in [3.8, 4) is 5.75 Å². The lowest BCUT2D eigenvalue weighted by molar-refractivity contribution is 0.273. The number of aryl methyl sites for hydroxylation is 1. The molecular weight excluding hydrogens is 203 g/mol. The smallest absolute Gasteiger partial charge is 0.123 e. The summed E-state index contributed by atoms with van der Waals surface area (Å²) in [5, 5.41) is 0. The Labute approximate surface area is 97.6 Å². The first-order chi connectivity index (χ1) is 7.86. The predicted octanol–water partition coefficient (Wildman–Crippen LogP) is 4.16. The molecule has 0 heterocycles. The summed E-state index contributed by atoms with van der Waals surface area (Å²) >= 11 is 0. The fourth-order valence-electron chi connectivity index (χ4n) is 1.70. The van der Waals surface area contributed by atoms with Crippen molar-refractivity contribution in [3.63, 3.8) is 0 Å². The monoisotopic (exact) mass is 224 g/mol. The molecule has 0 saturated heterocycles. The molecule has 1 aromatic carbocycles. The van der Waals surface area contributed by atoms with Crippen molar-refractivity contribution in [1.82, 2.24) is 0 Å². The van der Waals surface area contributed by atoms with Crippen LogP contribution in [0.5, 0.6) is 5.75 Å². The molecule has 1 rings (SSSR count). The highest BCUT2D eigenvalue weighted by atomic mass is 19.1. The summed E-state index contributed by atoms with van der Waals surface area (Å²) in [7, 11) is 0. The first-order valence-corrected chi connectivity index (χ1v) is 6.14. The maximum atomic E-state index is 11.9. The third kappa shape index (κ3) is 5.15. The van der Waals surface area contributed by atoms with Gasteiger partial charge in [-0.3, -0.25) is 0 Å². The zero-order valence-electron chi connectivity index (χ0n) is 10.0. The topological polar surface area (TPSA) is 9.23 Å². The maximum absolute atomic E-state index is 11.9. The molecule has 0 amide bonds. The summed E-state index contributed by atoms with van der Waals surface area (Å²) in [5.41, 5.74) is 1.28. The molecule has 0 fully saturated rings. The molecule has 0 aromatic heterocycles. The average Bonchev–Trinajstić information content (AvgIpc) is 2.33. The Kier molecular flexibility index (Phi) is 6.62. The number of ether oxygens (including phenoxy) is 1. The Morgan fingerprint density at radius 3 is 2.81 bits per heavy atom. The van der Waals surface area contributed by atoms with E-state index in [9.17, 15) is 4.39 Å². The highest BCUT2D eigenvalue weighted by Crippen LogP contribution is 2.15. The molecule has 0 aliphatic rings. The minimum Gasteiger partial charge on any atom is -0.491 e. The van der Waals surface area contributed by atoms with Gasteiger partial charge in [0, 0.05) is 0 Å². The van der Waals surface area contributed by atoms with Crippen LogP contribution in [0.4, 0.5) is 4.39 Å². The number of hydrogen-bond donors (Lipinski definition) is 0. The van der Waals surface area contributed by atoms with Crippen molar-refractivity contribution < 1.29 is 9.13 Å². The molecule has 0 aliphatic carbocycles. The Hall–Kier alpha value is -1.05. The van der Waals surface area contributed by atoms with Crippen molar-refractivity contribution >= 4 is 0 Å². The molecule has 0 unspecified atom stereocenters. The molecule has 1 nitrogen and oxygen atoms in total. The lowest BCUT2D eigenvalue weighted by Gasteiger charge is -2.06. The lowest BCUT2D eigenvalue weighted by atomic mass is 10.1. The van der Waals surface area contributed by atoms with Crippen LogP contribution in [-0.4, -0.2) is 13.3 Å². The second-order valence-electron chi connectivity index (χ2n) is 4.00. The zero-order valence-corrected chi connectivity index (χ0v) is 10.0. The first-order valence-electron chi connectivity index (χ1n) is 6.14. The number of alkyl halides is 1. The molecule has 0 spiro atoms. The summed E-state index contributed by atoms with van der Waals surface area (Å²) in [6.45, 7) is 1.94. The quantitative estimate of drug-likeness (QED) is 0.602. The average molecular weight is 224 g/mol. The third-order valence-electron chi connectivity index (χ3n) is 2.56. The molecule has 90 valence electrons. The van der Waals surface area contributed by atoms with Gasteiger partial charge in [-0.25, -0.2) is 4.39 Å². The van der Waals surface area contributed by atoms with Crippen LogP contribution in [0.1, 0.15) is 38.2 Å². The van der Waals surface area contributed by atoms with Gasteiger partial charge in [0.2, 0.25) is 0 Å². The van der Waals surface area contributed by atoms with Crippen LogP contribution in [-0.2, 0) is 6.42 Å². The van der Waals surface area contributed by atoms with Crippen molar-refractivity contribution in [2.75, 3.05) is 13.3 Å². The number of halogens is 1. The number of unbranched alkanes of at least 4 members (excludes halogenated alkanes) is 3. The SMILES string of the molecule is CCCCCCc1cccc(OCCF)c1. The van der Waals surface area contributed by atoms with Crippen molar-refractivity contribution in [3.05, 3.63) is 29.8 Å². The van der Waals surface area contributed by atoms with Crippen LogP contribution in [0.3, 0.4) is 0 Å². The Bertz CT molecular complexity index is 286. The Morgan fingerprint density at radius 1 is 1.19 bits per heavy atom. The van der Waals surface area contributed by atoms with Crippen LogP contribution in [0.25, 0.3) is 0 Å². The highest BCUT2D eigenvalue weighted by Gasteiger charge is 1.97. The first kappa shape index (κ1) is 13.0. The largest absolute Gasteiger partial charge is 0.491 e. The second-order valence-corrected chi connectivity index (χ2v) is 4.00. The van der Waals surface area contributed by atoms with Gasteiger partial charge in [-0.05, 0) is 30.5 Å². The molecule has 0 bridgehead atoms. The molecule has 0 atom stereocenters. The highest BCUT2D eigenvalue weighted by molar-refractivity contribution is 5.28. The van der Waals surface area contributed by atoms with Gasteiger partial charge >= 0.3 is 0 Å². The van der Waals surface area contributed by atoms with Crippen LogP contribution in [0.15, 0.2) is 24.3 Å². The molecule has 0 N–H and O–H groups in total. The van der Waals surface area contributed by atoms with E-state index < -0.39 is 6.67 Å². The summed E-state index contributed by atoms with van der Waals surface area (Å²) in [4.78, 5) is 0. The summed E-state index contributed by atoms with van der Waals surface area (Å²) < 4.78 is 17.2. The van der Waals surface area contributed by atoms with Gasteiger partial charge in [-0.1, -0.05) is 38.3 Å². The van der Waals surface area contributed by atoms with Crippen molar-refractivity contribution in [2.45, 2.75) is 39.0 Å². The number of benzene rings is 1. The molecule has 16 heavy (non-hydrogen) atoms. The number of hydrogen-bond acceptors (Lipinski definition) is 1. The van der Waals surface area contributed by atoms with Gasteiger partial charge in [0.05, 0.1) is 0 Å². The minimum atomic E-state index is -0.430. The summed E-state index contributed by atoms with van der Waals surface area (Å²) in [6, 6.07) is 7.98. The molecule has 1 aromatic rings. The van der Waals surface area contributed by atoms with Crippen LogP contribution in [0, 0.1) is 0 Å². The summed E-state index contributed by atoms with van der Waals surface area (Å²) in [5.74, 6) is 0.783. The van der Waals surface area contributed by atoms with E-state index >= 15 is 0 Å². The Balaban J connectivity index is 2.35. The van der Waals surface area contributed by atoms with E-state index in [1.807, 2.05) is 18.2 Å². The molecule has 0 saturated carbocycles. The lowest BCUT2D eigenvalue weighted by Crippen LogP contribution is -1.99. The fourth-order valence-corrected chi connectivity index (χ4v) is 1.70. The van der Waals surface area contributed by atoms with Crippen LogP contribution in [0.2, 0.25) is 0 Å². The van der Waals surface area contributed by atoms with Gasteiger partial charge in [0.1, 0.15) is 19.0 Å². The molecule has 2 heteroatoms. The van der Waals surface area contributed by atoms with Gasteiger partial charge in [-0.15, -0.1) is 0 Å². The van der Waals surface area contributed by atoms with Crippen LogP contribution >= 0.6 is 0 Å². The van der Waals surface area contributed by atoms with Crippen molar-refractivity contribution in [1.29, 1.82) is 0 Å². The fraction of sp³-hybridized carbons (Fsp3) is 0.571. The van der Waals surface area contributed by atoms with E-state index in [1.54, 1.807) is 0 Å². The van der Waals surface area contributed by atoms with E-state index in [0.29, 0.717) is 0 Å². The minimum absolute atomic E-state index is 0.152. The van der Waals surface area contributed by atoms with Gasteiger partial charge in [0.25, 0.3) is 0 Å². The normalized spacial score (nSPS) is 10.4. The van der Waals surface area contributed by atoms with Gasteiger partial charge < -0.3 is 4.74 Å². The van der Waals surface area contributed by atoms with Gasteiger partial charge in [0.15, 0.2) is 0 Å². The standard InChI is InChI=1S/C14H21FO/c1-2-3-4-5-7-13-8-6-9-14(12-13)16-11-10-15/h6,8-9,12H,2-5,7,10-11H2,1H3. The van der Waals surface area contributed by atoms with E-state index in [4.69, 9.17) is 4.74 Å². The predicted molar refractivity (Wildman–Crippen MR) is 65.8 cm³/mol. The van der Waals surface area contributed by atoms with Crippen LogP contribution < -0.4 is 4.74 Å². The van der Waals surface area contributed by atoms with E-state index in [0.717, 1.165) is 12.2 Å². The number of rotatable bonds is 8. The Morgan fingerprint density at radius 2 is 2.06 bits per heavy atom. The third-order valence-corrected chi connectivity index (χ3v) is 2.56. The maximum Gasteiger partial charge on any atom is 0.123 e. The van der Waals surface area contributed by atoms with E-state index in [-0.39, 0.29) is 6.61 Å². The van der Waals surface area contributed by atoms with E-state index in [2.05, 4.69) is 13.0 Å². The zero-order chi connectivity index (χ0) is 11.6. The van der Waals surface area contributed by atoms with Gasteiger partial charge in [-0.2, -0.15) is 0 Å². The second kappa shape index (κ2) is 8.14. The molecule has 0 radical (unpaired) electrons. The summed E-state index contributed by atoms with van der Waals surface area (Å²) in [6.07, 6.45) is 6.16. The van der Waals surface area contributed by atoms with E-state index in [1.165, 1.54) is 31.2 Å².